The van der Waals surface area contributed by atoms with Crippen LogP contribution in [0, 0.1) is 0 Å². The number of carbonyl (C=O) groups is 2. The van der Waals surface area contributed by atoms with E-state index in [4.69, 9.17) is 23.7 Å². The first-order valence-electron chi connectivity index (χ1n) is 13.5. The molecule has 0 bridgehead atoms. The predicted octanol–water partition coefficient (Wildman–Crippen LogP) is 2.34. The van der Waals surface area contributed by atoms with E-state index in [2.05, 4.69) is 15.6 Å². The second kappa shape index (κ2) is 12.3. The van der Waals surface area contributed by atoms with E-state index < -0.39 is 0 Å². The molecular formula is C28H30N4O8S. The first kappa shape index (κ1) is 27.2. The van der Waals surface area contributed by atoms with E-state index in [9.17, 15) is 14.4 Å². The number of nitrogens with one attached hydrogen (secondary N) is 2. The van der Waals surface area contributed by atoms with Crippen LogP contribution < -0.4 is 35.1 Å². The highest BCUT2D eigenvalue weighted by atomic mass is 32.2. The summed E-state index contributed by atoms with van der Waals surface area (Å²) in [6.45, 7) is 2.06. The van der Waals surface area contributed by atoms with Crippen molar-refractivity contribution < 1.29 is 33.3 Å². The molecule has 1 saturated heterocycles. The Morgan fingerprint density at radius 2 is 1.76 bits per heavy atom. The maximum atomic E-state index is 13.5. The van der Waals surface area contributed by atoms with Crippen LogP contribution in [0.4, 0.5) is 0 Å². The van der Waals surface area contributed by atoms with E-state index in [-0.39, 0.29) is 55.8 Å². The minimum atomic E-state index is -0.267. The first-order valence-corrected chi connectivity index (χ1v) is 14.5. The lowest BCUT2D eigenvalue weighted by Crippen LogP contribution is -2.33. The lowest BCUT2D eigenvalue weighted by Gasteiger charge is -2.14. The van der Waals surface area contributed by atoms with Gasteiger partial charge in [-0.25, -0.2) is 4.98 Å². The van der Waals surface area contributed by atoms with Crippen LogP contribution in [0.15, 0.2) is 40.3 Å². The predicted molar refractivity (Wildman–Crippen MR) is 148 cm³/mol. The average Bonchev–Trinajstić information content (AvgIpc) is 3.76. The van der Waals surface area contributed by atoms with Gasteiger partial charge in [-0.1, -0.05) is 17.8 Å². The zero-order chi connectivity index (χ0) is 28.2. The van der Waals surface area contributed by atoms with E-state index in [0.29, 0.717) is 58.6 Å². The minimum absolute atomic E-state index is 0.0430. The molecule has 0 unspecified atom stereocenters. The molecular weight excluding hydrogens is 552 g/mol. The molecule has 2 aromatic carbocycles. The van der Waals surface area contributed by atoms with Gasteiger partial charge in [0, 0.05) is 38.7 Å². The van der Waals surface area contributed by atoms with Gasteiger partial charge in [-0.3, -0.25) is 19.0 Å². The van der Waals surface area contributed by atoms with Crippen LogP contribution in [-0.2, 0) is 27.4 Å². The molecule has 12 nitrogen and oxygen atoms in total. The number of nitrogens with zero attached hydrogens (tertiary/aromatic N) is 2. The maximum absolute atomic E-state index is 13.5. The summed E-state index contributed by atoms with van der Waals surface area (Å²) < 4.78 is 28.7. The maximum Gasteiger partial charge on any atom is 0.262 e. The standard InChI is InChI=1S/C28H30N4O8S/c33-25(29-12-17-5-6-21-22(9-17)38-15-37-21)4-1-7-32-27(35)19-10-23-24(40-16-39-23)11-20(19)31-28(32)41-14-26(34)30-13-18-3-2-8-36-18/h5-6,9-11,18H,1-4,7-8,12-16H2,(H,29,33)(H,30,34)/t18-/m0/s1. The third-order valence-electron chi connectivity index (χ3n) is 7.01. The van der Waals surface area contributed by atoms with Crippen LogP contribution in [0.2, 0.25) is 0 Å². The monoisotopic (exact) mass is 582 g/mol. The van der Waals surface area contributed by atoms with Crippen LogP contribution >= 0.6 is 11.8 Å². The van der Waals surface area contributed by atoms with Gasteiger partial charge in [0.1, 0.15) is 0 Å². The van der Waals surface area contributed by atoms with Crippen molar-refractivity contribution in [2.24, 2.45) is 0 Å². The van der Waals surface area contributed by atoms with E-state index >= 15 is 0 Å². The number of rotatable bonds is 11. The topological polar surface area (TPSA) is 139 Å². The molecule has 4 heterocycles. The van der Waals surface area contributed by atoms with Gasteiger partial charge in [0.25, 0.3) is 5.56 Å². The zero-order valence-electron chi connectivity index (χ0n) is 22.3. The molecule has 13 heteroatoms. The van der Waals surface area contributed by atoms with Gasteiger partial charge in [0.05, 0.1) is 22.8 Å². The van der Waals surface area contributed by atoms with Crippen LogP contribution in [0.5, 0.6) is 23.0 Å². The van der Waals surface area contributed by atoms with Gasteiger partial charge in [-0.15, -0.1) is 0 Å². The number of carbonyl (C=O) groups excluding carboxylic acids is 2. The summed E-state index contributed by atoms with van der Waals surface area (Å²) in [4.78, 5) is 43.3. The third-order valence-corrected chi connectivity index (χ3v) is 7.99. The number of amides is 2. The summed E-state index contributed by atoms with van der Waals surface area (Å²) in [5.41, 5.74) is 1.09. The van der Waals surface area contributed by atoms with Gasteiger partial charge in [0.15, 0.2) is 28.2 Å². The highest BCUT2D eigenvalue weighted by molar-refractivity contribution is 7.99. The largest absolute Gasteiger partial charge is 0.454 e. The molecule has 6 rings (SSSR count). The van der Waals surface area contributed by atoms with Crippen molar-refractivity contribution in [3.05, 3.63) is 46.2 Å². The molecule has 0 radical (unpaired) electrons. The Balaban J connectivity index is 1.10. The number of ether oxygens (including phenoxy) is 5. The van der Waals surface area contributed by atoms with Gasteiger partial charge >= 0.3 is 0 Å². The Kier molecular flexibility index (Phi) is 8.14. The SMILES string of the molecule is O=C(CCCn1c(SCC(=O)NC[C@@H]2CCCO2)nc2cc3c(cc2c1=O)OCO3)NCc1ccc2c(c1)OCO2. The Morgan fingerprint density at radius 3 is 2.56 bits per heavy atom. The van der Waals surface area contributed by atoms with Crippen LogP contribution in [-0.4, -0.2) is 60.0 Å². The zero-order valence-corrected chi connectivity index (χ0v) is 23.1. The van der Waals surface area contributed by atoms with Gasteiger partial charge in [0.2, 0.25) is 25.4 Å². The quantitative estimate of drug-likeness (QED) is 0.256. The summed E-state index contributed by atoms with van der Waals surface area (Å²) in [5, 5.41) is 6.58. The van der Waals surface area contributed by atoms with Gasteiger partial charge < -0.3 is 34.3 Å². The molecule has 0 spiro atoms. The van der Waals surface area contributed by atoms with E-state index in [0.717, 1.165) is 25.0 Å². The molecule has 2 N–H and O–H groups in total. The summed E-state index contributed by atoms with van der Waals surface area (Å²) in [6.07, 6.45) is 2.59. The molecule has 3 aromatic rings. The molecule has 41 heavy (non-hydrogen) atoms. The van der Waals surface area contributed by atoms with Crippen molar-refractivity contribution >= 4 is 34.5 Å². The summed E-state index contributed by atoms with van der Waals surface area (Å²) >= 11 is 1.18. The molecule has 0 aliphatic carbocycles. The molecule has 1 fully saturated rings. The van der Waals surface area contributed by atoms with Crippen molar-refractivity contribution in [1.82, 2.24) is 20.2 Å². The molecule has 3 aliphatic rings. The minimum Gasteiger partial charge on any atom is -0.454 e. The fourth-order valence-electron chi connectivity index (χ4n) is 4.85. The lowest BCUT2D eigenvalue weighted by atomic mass is 10.2. The average molecular weight is 583 g/mol. The Hall–Kier alpha value is -3.97. The fourth-order valence-corrected chi connectivity index (χ4v) is 5.71. The second-order valence-electron chi connectivity index (χ2n) is 9.87. The van der Waals surface area contributed by atoms with Crippen molar-refractivity contribution in [2.45, 2.75) is 50.0 Å². The van der Waals surface area contributed by atoms with Crippen molar-refractivity contribution in [1.29, 1.82) is 0 Å². The van der Waals surface area contributed by atoms with Gasteiger partial charge in [-0.2, -0.15) is 0 Å². The van der Waals surface area contributed by atoms with E-state index in [1.807, 2.05) is 18.2 Å². The van der Waals surface area contributed by atoms with Gasteiger partial charge in [-0.05, 0) is 43.0 Å². The third kappa shape index (κ3) is 6.35. The molecule has 216 valence electrons. The van der Waals surface area contributed by atoms with Crippen molar-refractivity contribution in [3.63, 3.8) is 0 Å². The smallest absolute Gasteiger partial charge is 0.262 e. The highest BCUT2D eigenvalue weighted by Crippen LogP contribution is 2.35. The van der Waals surface area contributed by atoms with Crippen molar-refractivity contribution in [3.8, 4) is 23.0 Å². The number of hydrogen-bond acceptors (Lipinski definition) is 10. The Morgan fingerprint density at radius 1 is 0.976 bits per heavy atom. The Bertz CT molecular complexity index is 1520. The van der Waals surface area contributed by atoms with Crippen LogP contribution in [0.3, 0.4) is 0 Å². The molecule has 1 aromatic heterocycles. The van der Waals surface area contributed by atoms with E-state index in [1.54, 1.807) is 12.1 Å². The molecule has 1 atom stereocenters. The fraction of sp³-hybridized carbons (Fsp3) is 0.429. The number of benzene rings is 2. The van der Waals surface area contributed by atoms with Crippen molar-refractivity contribution in [2.75, 3.05) is 32.5 Å². The summed E-state index contributed by atoms with van der Waals surface area (Å²) in [6, 6.07) is 8.84. The number of aromatic nitrogens is 2. The molecule has 3 aliphatic heterocycles. The van der Waals surface area contributed by atoms with E-state index in [1.165, 1.54) is 16.3 Å². The number of hydrogen-bond donors (Lipinski definition) is 2. The normalized spacial score (nSPS) is 16.7. The summed E-state index contributed by atoms with van der Waals surface area (Å²) in [5.74, 6) is 2.13. The highest BCUT2D eigenvalue weighted by Gasteiger charge is 2.21. The number of fused-ring (bicyclic) bond motifs is 3. The molecule has 0 saturated carbocycles. The van der Waals surface area contributed by atoms with Crippen LogP contribution in [0.25, 0.3) is 10.9 Å². The first-order chi connectivity index (χ1) is 20.0. The number of thioether (sulfide) groups is 1. The lowest BCUT2D eigenvalue weighted by molar-refractivity contribution is -0.121. The summed E-state index contributed by atoms with van der Waals surface area (Å²) in [7, 11) is 0. The molecule has 2 amide bonds. The van der Waals surface area contributed by atoms with Crippen LogP contribution in [0.1, 0.15) is 31.2 Å². The Labute approximate surface area is 239 Å². The second-order valence-corrected chi connectivity index (χ2v) is 10.8.